The average molecular weight is 316 g/mol. The van der Waals surface area contributed by atoms with Crippen molar-refractivity contribution >= 4 is 17.5 Å². The van der Waals surface area contributed by atoms with Crippen LogP contribution in [-0.2, 0) is 20.9 Å². The molecule has 0 aliphatic heterocycles. The average Bonchev–Trinajstić information content (AvgIpc) is 3.03. The number of ether oxygens (including phenoxy) is 1. The zero-order valence-electron chi connectivity index (χ0n) is 13.3. The van der Waals surface area contributed by atoms with Gasteiger partial charge in [-0.15, -0.1) is 0 Å². The molecule has 124 valence electrons. The normalized spacial score (nSPS) is 18.4. The first-order valence-corrected chi connectivity index (χ1v) is 8.53. The van der Waals surface area contributed by atoms with Crippen molar-refractivity contribution in [2.75, 3.05) is 5.32 Å². The molecule has 0 radical (unpaired) electrons. The number of carbonyl (C=O) groups excluding carboxylic acids is 2. The molecule has 3 rings (SSSR count). The predicted octanol–water partition coefficient (Wildman–Crippen LogP) is 2.75. The van der Waals surface area contributed by atoms with Crippen LogP contribution in [0.15, 0.2) is 24.3 Å². The summed E-state index contributed by atoms with van der Waals surface area (Å²) in [5, 5.41) is 5.36. The van der Waals surface area contributed by atoms with Crippen LogP contribution >= 0.6 is 0 Å². The molecule has 0 heterocycles. The van der Waals surface area contributed by atoms with E-state index in [1.165, 1.54) is 12.8 Å². The second kappa shape index (κ2) is 7.59. The maximum atomic E-state index is 11.8. The van der Waals surface area contributed by atoms with Crippen molar-refractivity contribution in [1.29, 1.82) is 0 Å². The van der Waals surface area contributed by atoms with E-state index in [0.29, 0.717) is 18.4 Å². The van der Waals surface area contributed by atoms with E-state index >= 15 is 0 Å². The Kier molecular flexibility index (Phi) is 5.28. The molecule has 0 unspecified atom stereocenters. The Labute approximate surface area is 136 Å². The zero-order chi connectivity index (χ0) is 16.1. The number of carbonyl (C=O) groups is 2. The monoisotopic (exact) mass is 316 g/mol. The highest BCUT2D eigenvalue weighted by Crippen LogP contribution is 2.22. The number of hydrogen-bond acceptors (Lipinski definition) is 3. The predicted molar refractivity (Wildman–Crippen MR) is 87.9 cm³/mol. The number of amides is 2. The van der Waals surface area contributed by atoms with Crippen LogP contribution < -0.4 is 10.6 Å². The topological polar surface area (TPSA) is 67.4 Å². The van der Waals surface area contributed by atoms with Gasteiger partial charge in [0.1, 0.15) is 0 Å². The maximum absolute atomic E-state index is 11.8. The number of hydrogen-bond donors (Lipinski definition) is 2. The molecule has 0 bridgehead atoms. The van der Waals surface area contributed by atoms with Gasteiger partial charge in [-0.3, -0.25) is 9.59 Å². The molecule has 2 amide bonds. The van der Waals surface area contributed by atoms with Gasteiger partial charge in [0.05, 0.1) is 12.7 Å². The van der Waals surface area contributed by atoms with E-state index in [2.05, 4.69) is 10.6 Å². The Morgan fingerprint density at radius 3 is 2.26 bits per heavy atom. The van der Waals surface area contributed by atoms with Gasteiger partial charge in [0, 0.05) is 11.7 Å². The smallest absolute Gasteiger partial charge is 0.313 e. The second-order valence-corrected chi connectivity index (χ2v) is 6.47. The minimum Gasteiger partial charge on any atom is -0.374 e. The van der Waals surface area contributed by atoms with Crippen LogP contribution in [-0.4, -0.2) is 24.0 Å². The second-order valence-electron chi connectivity index (χ2n) is 6.47. The fraction of sp³-hybridized carbons (Fsp3) is 0.556. The lowest BCUT2D eigenvalue weighted by Gasteiger charge is -2.25. The zero-order valence-corrected chi connectivity index (χ0v) is 13.3. The highest BCUT2D eigenvalue weighted by Gasteiger charge is 2.23. The summed E-state index contributed by atoms with van der Waals surface area (Å²) in [5.41, 5.74) is 1.71. The third kappa shape index (κ3) is 4.55. The van der Waals surface area contributed by atoms with E-state index in [-0.39, 0.29) is 6.04 Å². The van der Waals surface area contributed by atoms with Gasteiger partial charge in [-0.2, -0.15) is 0 Å². The molecule has 1 aromatic carbocycles. The van der Waals surface area contributed by atoms with E-state index in [0.717, 1.165) is 37.7 Å². The summed E-state index contributed by atoms with van der Waals surface area (Å²) >= 11 is 0. The fourth-order valence-electron chi connectivity index (χ4n) is 2.94. The van der Waals surface area contributed by atoms with Crippen molar-refractivity contribution in [1.82, 2.24) is 5.32 Å². The first kappa shape index (κ1) is 16.0. The first-order chi connectivity index (χ1) is 11.2. The molecule has 2 fully saturated rings. The first-order valence-electron chi connectivity index (χ1n) is 8.53. The molecular formula is C18H24N2O3. The summed E-state index contributed by atoms with van der Waals surface area (Å²) in [4.78, 5) is 23.5. The molecule has 1 aromatic rings. The Morgan fingerprint density at radius 1 is 0.957 bits per heavy atom. The number of nitrogens with one attached hydrogen (secondary N) is 2. The van der Waals surface area contributed by atoms with Gasteiger partial charge in [0.15, 0.2) is 0 Å². The standard InChI is InChI=1S/C18H24N2O3/c21-17(19-14-4-3-5-14)18(22)20-15-10-8-13(9-11-15)12-23-16-6-1-2-7-16/h8-11,14,16H,1-7,12H2,(H,19,21)(H,20,22). The van der Waals surface area contributed by atoms with Crippen LogP contribution in [0.25, 0.3) is 0 Å². The Bertz CT molecular complexity index is 546. The molecule has 5 nitrogen and oxygen atoms in total. The molecular weight excluding hydrogens is 292 g/mol. The van der Waals surface area contributed by atoms with Gasteiger partial charge >= 0.3 is 11.8 Å². The third-order valence-corrected chi connectivity index (χ3v) is 4.65. The van der Waals surface area contributed by atoms with Crippen molar-refractivity contribution in [3.05, 3.63) is 29.8 Å². The highest BCUT2D eigenvalue weighted by molar-refractivity contribution is 6.39. The van der Waals surface area contributed by atoms with Crippen molar-refractivity contribution in [3.8, 4) is 0 Å². The highest BCUT2D eigenvalue weighted by atomic mass is 16.5. The summed E-state index contributed by atoms with van der Waals surface area (Å²) in [6.45, 7) is 0.598. The minimum atomic E-state index is -0.605. The van der Waals surface area contributed by atoms with Crippen LogP contribution in [0, 0.1) is 0 Å². The molecule has 0 aromatic heterocycles. The fourth-order valence-corrected chi connectivity index (χ4v) is 2.94. The van der Waals surface area contributed by atoms with Gasteiger partial charge in [-0.25, -0.2) is 0 Å². The van der Waals surface area contributed by atoms with Crippen LogP contribution in [0.5, 0.6) is 0 Å². The van der Waals surface area contributed by atoms with E-state index in [1.54, 1.807) is 0 Å². The minimum absolute atomic E-state index is 0.170. The Morgan fingerprint density at radius 2 is 1.65 bits per heavy atom. The molecule has 2 N–H and O–H groups in total. The molecule has 0 spiro atoms. The molecule has 2 aliphatic rings. The van der Waals surface area contributed by atoms with Gasteiger partial charge in [0.2, 0.25) is 0 Å². The number of benzene rings is 1. The Hall–Kier alpha value is -1.88. The lowest BCUT2D eigenvalue weighted by Crippen LogP contribution is -2.44. The van der Waals surface area contributed by atoms with Gasteiger partial charge in [-0.05, 0) is 49.8 Å². The Balaban J connectivity index is 1.44. The summed E-state index contributed by atoms with van der Waals surface area (Å²) < 4.78 is 5.86. The summed E-state index contributed by atoms with van der Waals surface area (Å²) in [6, 6.07) is 7.63. The van der Waals surface area contributed by atoms with E-state index in [1.807, 2.05) is 24.3 Å². The van der Waals surface area contributed by atoms with Crippen LogP contribution in [0.3, 0.4) is 0 Å². The van der Waals surface area contributed by atoms with E-state index < -0.39 is 11.8 Å². The molecule has 23 heavy (non-hydrogen) atoms. The van der Waals surface area contributed by atoms with Crippen molar-refractivity contribution in [2.24, 2.45) is 0 Å². The summed E-state index contributed by atoms with van der Waals surface area (Å²) in [5.74, 6) is -1.16. The summed E-state index contributed by atoms with van der Waals surface area (Å²) in [7, 11) is 0. The van der Waals surface area contributed by atoms with Crippen LogP contribution in [0.1, 0.15) is 50.5 Å². The van der Waals surface area contributed by atoms with Crippen molar-refractivity contribution < 1.29 is 14.3 Å². The number of anilines is 1. The molecule has 2 aliphatic carbocycles. The van der Waals surface area contributed by atoms with Gasteiger partial charge in [0.25, 0.3) is 0 Å². The lowest BCUT2D eigenvalue weighted by molar-refractivity contribution is -0.136. The SMILES string of the molecule is O=C(Nc1ccc(COC2CCCC2)cc1)C(=O)NC1CCC1. The van der Waals surface area contributed by atoms with Crippen molar-refractivity contribution in [2.45, 2.75) is 63.7 Å². The van der Waals surface area contributed by atoms with Crippen LogP contribution in [0.4, 0.5) is 5.69 Å². The molecule has 0 atom stereocenters. The molecule has 5 heteroatoms. The van der Waals surface area contributed by atoms with Crippen LogP contribution in [0.2, 0.25) is 0 Å². The lowest BCUT2D eigenvalue weighted by atomic mass is 9.93. The van der Waals surface area contributed by atoms with E-state index in [9.17, 15) is 9.59 Å². The molecule has 0 saturated heterocycles. The largest absolute Gasteiger partial charge is 0.374 e. The third-order valence-electron chi connectivity index (χ3n) is 4.65. The quantitative estimate of drug-likeness (QED) is 0.821. The van der Waals surface area contributed by atoms with Gasteiger partial charge < -0.3 is 15.4 Å². The molecule has 2 saturated carbocycles. The van der Waals surface area contributed by atoms with Gasteiger partial charge in [-0.1, -0.05) is 25.0 Å². The summed E-state index contributed by atoms with van der Waals surface area (Å²) in [6.07, 6.45) is 8.29. The maximum Gasteiger partial charge on any atom is 0.313 e. The van der Waals surface area contributed by atoms with Crippen molar-refractivity contribution in [3.63, 3.8) is 0 Å². The van der Waals surface area contributed by atoms with E-state index in [4.69, 9.17) is 4.74 Å². The number of rotatable bonds is 5.